The quantitative estimate of drug-likeness (QED) is 0.512. The fraction of sp³-hybridized carbons (Fsp3) is 1.00. The summed E-state index contributed by atoms with van der Waals surface area (Å²) >= 11 is 0. The normalized spacial score (nSPS) is 48.5. The molecule has 0 aromatic rings. The highest BCUT2D eigenvalue weighted by Gasteiger charge is 2.30. The second-order valence-electron chi connectivity index (χ2n) is 5.46. The molecule has 2 bridgehead atoms. The molecule has 0 spiro atoms. The lowest BCUT2D eigenvalue weighted by Gasteiger charge is -2.31. The van der Waals surface area contributed by atoms with Crippen LogP contribution in [0.4, 0.5) is 0 Å². The fourth-order valence-corrected chi connectivity index (χ4v) is 3.53. The number of fused-ring (bicyclic) bond motifs is 2. The molecule has 0 heterocycles. The van der Waals surface area contributed by atoms with Crippen LogP contribution in [0.5, 0.6) is 0 Å². The summed E-state index contributed by atoms with van der Waals surface area (Å²) in [7, 11) is 0. The lowest BCUT2D eigenvalue weighted by molar-refractivity contribution is 0.206. The molecule has 0 heteroatoms. The van der Waals surface area contributed by atoms with Gasteiger partial charge in [0.15, 0.2) is 0 Å². The Hall–Kier alpha value is 0. The van der Waals surface area contributed by atoms with Crippen LogP contribution in [-0.4, -0.2) is 0 Å². The predicted molar refractivity (Wildman–Crippen MR) is 53.0 cm³/mol. The zero-order chi connectivity index (χ0) is 8.55. The van der Waals surface area contributed by atoms with E-state index >= 15 is 0 Å². The van der Waals surface area contributed by atoms with E-state index in [9.17, 15) is 0 Å². The van der Waals surface area contributed by atoms with Crippen molar-refractivity contribution in [1.29, 1.82) is 0 Å². The average Bonchev–Trinajstić information content (AvgIpc) is 2.10. The zero-order valence-electron chi connectivity index (χ0n) is 8.55. The molecule has 0 saturated heterocycles. The Kier molecular flexibility index (Phi) is 2.43. The van der Waals surface area contributed by atoms with Gasteiger partial charge in [-0.05, 0) is 49.4 Å². The summed E-state index contributed by atoms with van der Waals surface area (Å²) in [4.78, 5) is 0. The summed E-state index contributed by atoms with van der Waals surface area (Å²) in [6, 6.07) is 0. The van der Waals surface area contributed by atoms with Gasteiger partial charge in [0.2, 0.25) is 0 Å². The van der Waals surface area contributed by atoms with E-state index in [4.69, 9.17) is 0 Å². The van der Waals surface area contributed by atoms with Crippen LogP contribution in [0, 0.1) is 23.7 Å². The topological polar surface area (TPSA) is 0 Å². The van der Waals surface area contributed by atoms with Crippen molar-refractivity contribution in [3.63, 3.8) is 0 Å². The first-order valence-electron chi connectivity index (χ1n) is 5.74. The van der Waals surface area contributed by atoms with Gasteiger partial charge in [-0.2, -0.15) is 0 Å². The third-order valence-corrected chi connectivity index (χ3v) is 3.94. The largest absolute Gasteiger partial charge is 0.0625 e. The van der Waals surface area contributed by atoms with Crippen LogP contribution in [-0.2, 0) is 0 Å². The van der Waals surface area contributed by atoms with Gasteiger partial charge in [-0.15, -0.1) is 0 Å². The van der Waals surface area contributed by atoms with Crippen molar-refractivity contribution in [2.24, 2.45) is 23.7 Å². The molecule has 70 valence electrons. The predicted octanol–water partition coefficient (Wildman–Crippen LogP) is 3.86. The molecule has 2 aliphatic carbocycles. The van der Waals surface area contributed by atoms with E-state index < -0.39 is 0 Å². The van der Waals surface area contributed by atoms with Crippen LogP contribution >= 0.6 is 0 Å². The van der Waals surface area contributed by atoms with Gasteiger partial charge in [0.05, 0.1) is 0 Å². The van der Waals surface area contributed by atoms with Gasteiger partial charge in [0.1, 0.15) is 0 Å². The highest BCUT2D eigenvalue weighted by Crippen LogP contribution is 2.42. The van der Waals surface area contributed by atoms with E-state index in [0.29, 0.717) is 0 Å². The maximum Gasteiger partial charge on any atom is -0.0407 e. The molecule has 0 aromatic heterocycles. The van der Waals surface area contributed by atoms with Crippen LogP contribution in [0.15, 0.2) is 0 Å². The lowest BCUT2D eigenvalue weighted by atomic mass is 9.75. The summed E-state index contributed by atoms with van der Waals surface area (Å²) in [5, 5.41) is 0. The molecule has 0 nitrogen and oxygen atoms in total. The van der Waals surface area contributed by atoms with Gasteiger partial charge in [-0.1, -0.05) is 26.7 Å². The summed E-state index contributed by atoms with van der Waals surface area (Å²) < 4.78 is 0. The van der Waals surface area contributed by atoms with Crippen molar-refractivity contribution in [2.45, 2.75) is 52.4 Å². The van der Waals surface area contributed by atoms with E-state index in [0.717, 1.165) is 23.7 Å². The van der Waals surface area contributed by atoms with Gasteiger partial charge < -0.3 is 0 Å². The molecule has 0 amide bonds. The van der Waals surface area contributed by atoms with E-state index in [1.54, 1.807) is 6.42 Å². The maximum atomic E-state index is 2.45. The standard InChI is InChI=1S/C12H22/c1-9-3-4-11-6-10(2)7-12(5-9)8-11/h9-12H,3-8H2,1-2H3/t9?,10-,11-,12+/m1/s1. The first-order chi connectivity index (χ1) is 5.74. The smallest absolute Gasteiger partial charge is 0.0407 e. The summed E-state index contributed by atoms with van der Waals surface area (Å²) in [5.41, 5.74) is 0. The van der Waals surface area contributed by atoms with Crippen LogP contribution in [0.25, 0.3) is 0 Å². The van der Waals surface area contributed by atoms with E-state index in [1.165, 1.54) is 32.1 Å². The first kappa shape index (κ1) is 8.59. The van der Waals surface area contributed by atoms with Gasteiger partial charge >= 0.3 is 0 Å². The highest BCUT2D eigenvalue weighted by molar-refractivity contribution is 4.81. The van der Waals surface area contributed by atoms with Gasteiger partial charge in [0, 0.05) is 0 Å². The molecule has 4 atom stereocenters. The molecule has 0 radical (unpaired) electrons. The van der Waals surface area contributed by atoms with Crippen LogP contribution in [0.1, 0.15) is 52.4 Å². The third kappa shape index (κ3) is 1.84. The molecule has 2 aliphatic rings. The number of hydrogen-bond acceptors (Lipinski definition) is 0. The molecule has 2 saturated carbocycles. The van der Waals surface area contributed by atoms with Gasteiger partial charge in [-0.3, -0.25) is 0 Å². The van der Waals surface area contributed by atoms with Crippen molar-refractivity contribution >= 4 is 0 Å². The molecule has 12 heavy (non-hydrogen) atoms. The minimum absolute atomic E-state index is 1.02. The summed E-state index contributed by atoms with van der Waals surface area (Å²) in [5.74, 6) is 4.24. The summed E-state index contributed by atoms with van der Waals surface area (Å²) in [6.45, 7) is 4.90. The molecule has 0 aromatic carbocycles. The second kappa shape index (κ2) is 3.40. The first-order valence-corrected chi connectivity index (χ1v) is 5.74. The van der Waals surface area contributed by atoms with E-state index in [-0.39, 0.29) is 0 Å². The average molecular weight is 166 g/mol. The third-order valence-electron chi connectivity index (χ3n) is 3.94. The Labute approximate surface area is 76.7 Å². The Bertz CT molecular complexity index is 148. The second-order valence-corrected chi connectivity index (χ2v) is 5.46. The Morgan fingerprint density at radius 2 is 1.33 bits per heavy atom. The SMILES string of the molecule is CC1CC[C@@H]2C[C@@H](C)C[C@H](C1)C2. The summed E-state index contributed by atoms with van der Waals surface area (Å²) in [6.07, 6.45) is 9.19. The van der Waals surface area contributed by atoms with Crippen molar-refractivity contribution in [3.8, 4) is 0 Å². The molecule has 0 aliphatic heterocycles. The van der Waals surface area contributed by atoms with E-state index in [1.807, 2.05) is 0 Å². The number of rotatable bonds is 0. The van der Waals surface area contributed by atoms with Crippen molar-refractivity contribution < 1.29 is 0 Å². The molecule has 1 unspecified atom stereocenters. The van der Waals surface area contributed by atoms with Crippen molar-refractivity contribution in [2.75, 3.05) is 0 Å². The van der Waals surface area contributed by atoms with Crippen LogP contribution in [0.3, 0.4) is 0 Å². The van der Waals surface area contributed by atoms with Crippen LogP contribution in [0.2, 0.25) is 0 Å². The van der Waals surface area contributed by atoms with Gasteiger partial charge in [-0.25, -0.2) is 0 Å². The lowest BCUT2D eigenvalue weighted by Crippen LogP contribution is -2.19. The fourth-order valence-electron chi connectivity index (χ4n) is 3.53. The minimum Gasteiger partial charge on any atom is -0.0625 e. The number of hydrogen-bond donors (Lipinski definition) is 0. The van der Waals surface area contributed by atoms with Crippen molar-refractivity contribution in [3.05, 3.63) is 0 Å². The van der Waals surface area contributed by atoms with E-state index in [2.05, 4.69) is 13.8 Å². The molecular formula is C12H22. The highest BCUT2D eigenvalue weighted by atomic mass is 14.4. The molecular weight excluding hydrogens is 144 g/mol. The Balaban J connectivity index is 2.01. The monoisotopic (exact) mass is 166 g/mol. The maximum absolute atomic E-state index is 2.45. The van der Waals surface area contributed by atoms with Crippen LogP contribution < -0.4 is 0 Å². The molecule has 2 fully saturated rings. The minimum atomic E-state index is 1.02. The Morgan fingerprint density at radius 1 is 0.667 bits per heavy atom. The Morgan fingerprint density at radius 3 is 2.17 bits per heavy atom. The molecule has 2 rings (SSSR count). The van der Waals surface area contributed by atoms with Gasteiger partial charge in [0.25, 0.3) is 0 Å². The molecule has 0 N–H and O–H groups in total. The van der Waals surface area contributed by atoms with Crippen molar-refractivity contribution in [1.82, 2.24) is 0 Å². The zero-order valence-corrected chi connectivity index (χ0v) is 8.55.